The summed E-state index contributed by atoms with van der Waals surface area (Å²) in [5.41, 5.74) is 1.97. The van der Waals surface area contributed by atoms with Crippen LogP contribution in [0.5, 0.6) is 0 Å². The van der Waals surface area contributed by atoms with Gasteiger partial charge in [0.05, 0.1) is 0 Å². The van der Waals surface area contributed by atoms with Gasteiger partial charge in [-0.05, 0) is 37.0 Å². The van der Waals surface area contributed by atoms with E-state index in [1.165, 1.54) is 0 Å². The molecule has 2 unspecified atom stereocenters. The molecule has 1 aliphatic rings. The van der Waals surface area contributed by atoms with E-state index < -0.39 is 12.1 Å². The Morgan fingerprint density at radius 3 is 2.60 bits per heavy atom. The molecule has 0 radical (unpaired) electrons. The van der Waals surface area contributed by atoms with Crippen molar-refractivity contribution in [2.45, 2.75) is 46.2 Å². The number of aryl methyl sites for hydroxylation is 1. The third kappa shape index (κ3) is 2.55. The van der Waals surface area contributed by atoms with Gasteiger partial charge in [-0.3, -0.25) is 14.5 Å². The van der Waals surface area contributed by atoms with E-state index in [4.69, 9.17) is 0 Å². The van der Waals surface area contributed by atoms with Gasteiger partial charge in [0.2, 0.25) is 5.91 Å². The van der Waals surface area contributed by atoms with E-state index in [9.17, 15) is 9.59 Å². The van der Waals surface area contributed by atoms with Crippen molar-refractivity contribution in [1.29, 1.82) is 0 Å². The van der Waals surface area contributed by atoms with Crippen LogP contribution in [0, 0.1) is 5.92 Å². The molecule has 1 aromatic rings. The highest BCUT2D eigenvalue weighted by molar-refractivity contribution is 6.08. The first-order valence-electron chi connectivity index (χ1n) is 7.18. The molecular weight excluding hydrogens is 252 g/mol. The smallest absolute Gasteiger partial charge is 0.250 e. The van der Waals surface area contributed by atoms with E-state index in [-0.39, 0.29) is 17.7 Å². The molecule has 2 rings (SSSR count). The van der Waals surface area contributed by atoms with Crippen molar-refractivity contribution >= 4 is 17.5 Å². The minimum Gasteiger partial charge on any atom is -0.342 e. The molecule has 1 aliphatic heterocycles. The van der Waals surface area contributed by atoms with Crippen molar-refractivity contribution in [2.24, 2.45) is 5.92 Å². The number of carbonyl (C=O) groups excluding carboxylic acids is 2. The zero-order chi connectivity index (χ0) is 14.9. The summed E-state index contributed by atoms with van der Waals surface area (Å²) in [4.78, 5) is 26.3. The minimum atomic E-state index is -0.468. The first-order chi connectivity index (χ1) is 9.45. The van der Waals surface area contributed by atoms with Gasteiger partial charge >= 0.3 is 0 Å². The maximum absolute atomic E-state index is 12.6. The molecular formula is C16H22N2O2. The predicted molar refractivity (Wildman–Crippen MR) is 79.5 cm³/mol. The van der Waals surface area contributed by atoms with E-state index in [0.29, 0.717) is 0 Å². The summed E-state index contributed by atoms with van der Waals surface area (Å²) < 4.78 is 0. The number of nitrogens with one attached hydrogen (secondary N) is 1. The third-order valence-electron chi connectivity index (χ3n) is 3.83. The van der Waals surface area contributed by atoms with Gasteiger partial charge in [-0.1, -0.05) is 32.9 Å². The molecule has 0 spiro atoms. The lowest BCUT2D eigenvalue weighted by Gasteiger charge is -2.38. The molecule has 4 nitrogen and oxygen atoms in total. The van der Waals surface area contributed by atoms with Crippen LogP contribution in [0.1, 0.15) is 33.3 Å². The first-order valence-corrected chi connectivity index (χ1v) is 7.18. The second-order valence-electron chi connectivity index (χ2n) is 5.64. The molecule has 0 aliphatic carbocycles. The van der Waals surface area contributed by atoms with E-state index in [1.807, 2.05) is 38.1 Å². The third-order valence-corrected chi connectivity index (χ3v) is 3.83. The number of carbonyl (C=O) groups is 2. The molecule has 1 N–H and O–H groups in total. The van der Waals surface area contributed by atoms with Crippen LogP contribution in [0.3, 0.4) is 0 Å². The first kappa shape index (κ1) is 14.6. The molecule has 1 heterocycles. The van der Waals surface area contributed by atoms with Crippen LogP contribution in [-0.4, -0.2) is 23.9 Å². The number of hydrogen-bond acceptors (Lipinski definition) is 2. The SMILES string of the molecule is CCc1cccc(N2C(=O)C(C(C)C)NC(=O)C2C)c1. The summed E-state index contributed by atoms with van der Waals surface area (Å²) in [6.07, 6.45) is 0.907. The highest BCUT2D eigenvalue weighted by atomic mass is 16.2. The number of rotatable bonds is 3. The summed E-state index contributed by atoms with van der Waals surface area (Å²) in [7, 11) is 0. The zero-order valence-electron chi connectivity index (χ0n) is 12.5. The van der Waals surface area contributed by atoms with E-state index in [2.05, 4.69) is 12.2 Å². The molecule has 20 heavy (non-hydrogen) atoms. The number of benzene rings is 1. The fourth-order valence-corrected chi connectivity index (χ4v) is 2.52. The molecule has 1 fully saturated rings. The van der Waals surface area contributed by atoms with Crippen molar-refractivity contribution in [1.82, 2.24) is 5.32 Å². The second-order valence-corrected chi connectivity index (χ2v) is 5.64. The van der Waals surface area contributed by atoms with Crippen LogP contribution in [0.25, 0.3) is 0 Å². The normalized spacial score (nSPS) is 23.1. The van der Waals surface area contributed by atoms with Crippen LogP contribution in [0.15, 0.2) is 24.3 Å². The van der Waals surface area contributed by atoms with Crippen LogP contribution >= 0.6 is 0 Å². The van der Waals surface area contributed by atoms with Gasteiger partial charge in [0.1, 0.15) is 12.1 Å². The van der Waals surface area contributed by atoms with E-state index in [0.717, 1.165) is 17.7 Å². The average molecular weight is 274 g/mol. The van der Waals surface area contributed by atoms with Gasteiger partial charge in [0.15, 0.2) is 0 Å². The van der Waals surface area contributed by atoms with Gasteiger partial charge in [-0.15, -0.1) is 0 Å². The van der Waals surface area contributed by atoms with E-state index in [1.54, 1.807) is 11.8 Å². The minimum absolute atomic E-state index is 0.0275. The molecule has 1 saturated heterocycles. The number of anilines is 1. The zero-order valence-corrected chi connectivity index (χ0v) is 12.5. The standard InChI is InChI=1S/C16H22N2O2/c1-5-12-7-6-8-13(9-12)18-11(4)15(19)17-14(10(2)3)16(18)20/h6-11,14H,5H2,1-4H3,(H,17,19). The Balaban J connectivity index is 2.40. The summed E-state index contributed by atoms with van der Waals surface area (Å²) in [6.45, 7) is 7.73. The van der Waals surface area contributed by atoms with Gasteiger partial charge in [-0.2, -0.15) is 0 Å². The molecule has 4 heteroatoms. The summed E-state index contributed by atoms with van der Waals surface area (Å²) in [5, 5.41) is 2.81. The Hall–Kier alpha value is -1.84. The van der Waals surface area contributed by atoms with Crippen LogP contribution in [0.2, 0.25) is 0 Å². The molecule has 2 amide bonds. The molecule has 108 valence electrons. The van der Waals surface area contributed by atoms with Crippen LogP contribution < -0.4 is 10.2 Å². The Bertz CT molecular complexity index is 525. The fourth-order valence-electron chi connectivity index (χ4n) is 2.52. The number of hydrogen-bond donors (Lipinski definition) is 1. The quantitative estimate of drug-likeness (QED) is 0.918. The molecule has 1 aromatic carbocycles. The topological polar surface area (TPSA) is 49.4 Å². The Morgan fingerprint density at radius 2 is 2.00 bits per heavy atom. The van der Waals surface area contributed by atoms with E-state index >= 15 is 0 Å². The highest BCUT2D eigenvalue weighted by Gasteiger charge is 2.40. The van der Waals surface area contributed by atoms with Crippen molar-refractivity contribution in [3.63, 3.8) is 0 Å². The van der Waals surface area contributed by atoms with Gasteiger partial charge in [0, 0.05) is 5.69 Å². The van der Waals surface area contributed by atoms with Gasteiger partial charge in [0.25, 0.3) is 5.91 Å². The maximum atomic E-state index is 12.6. The lowest BCUT2D eigenvalue weighted by molar-refractivity contribution is -0.134. The number of piperazine rings is 1. The highest BCUT2D eigenvalue weighted by Crippen LogP contribution is 2.24. The van der Waals surface area contributed by atoms with Gasteiger partial charge < -0.3 is 5.32 Å². The fraction of sp³-hybridized carbons (Fsp3) is 0.500. The van der Waals surface area contributed by atoms with Crippen molar-refractivity contribution in [3.05, 3.63) is 29.8 Å². The second kappa shape index (κ2) is 5.65. The average Bonchev–Trinajstić information content (AvgIpc) is 2.43. The largest absolute Gasteiger partial charge is 0.342 e. The molecule has 0 saturated carbocycles. The Morgan fingerprint density at radius 1 is 1.30 bits per heavy atom. The Labute approximate surface area is 120 Å². The van der Waals surface area contributed by atoms with Crippen molar-refractivity contribution < 1.29 is 9.59 Å². The van der Waals surface area contributed by atoms with Gasteiger partial charge in [-0.25, -0.2) is 0 Å². The maximum Gasteiger partial charge on any atom is 0.250 e. The monoisotopic (exact) mass is 274 g/mol. The number of nitrogens with zero attached hydrogens (tertiary/aromatic N) is 1. The van der Waals surface area contributed by atoms with Crippen molar-refractivity contribution in [2.75, 3.05) is 4.90 Å². The Kier molecular flexibility index (Phi) is 4.12. The summed E-state index contributed by atoms with van der Waals surface area (Å²) in [5.74, 6) is -0.0404. The summed E-state index contributed by atoms with van der Waals surface area (Å²) >= 11 is 0. The van der Waals surface area contributed by atoms with Crippen LogP contribution in [0.4, 0.5) is 5.69 Å². The predicted octanol–water partition coefficient (Wildman–Crippen LogP) is 2.12. The lowest BCUT2D eigenvalue weighted by Crippen LogP contribution is -2.64. The van der Waals surface area contributed by atoms with Crippen LogP contribution in [-0.2, 0) is 16.0 Å². The molecule has 2 atom stereocenters. The lowest BCUT2D eigenvalue weighted by atomic mass is 9.97. The molecule has 0 aromatic heterocycles. The summed E-state index contributed by atoms with van der Waals surface area (Å²) in [6, 6.07) is 6.94. The van der Waals surface area contributed by atoms with Crippen molar-refractivity contribution in [3.8, 4) is 0 Å². The molecule has 0 bridgehead atoms. The number of amides is 2.